The van der Waals surface area contributed by atoms with E-state index in [-0.39, 0.29) is 12.2 Å². The minimum absolute atomic E-state index is 0.0434. The molecule has 0 aromatic heterocycles. The fraction of sp³-hybridized carbons (Fsp3) is 0.333. The highest BCUT2D eigenvalue weighted by Gasteiger charge is 2.42. The van der Waals surface area contributed by atoms with Crippen molar-refractivity contribution in [3.05, 3.63) is 109 Å². The number of anilines is 6. The number of para-hydroxylation sites is 6. The Kier molecular flexibility index (Phi) is 10.3. The molecule has 2 atom stereocenters. The summed E-state index contributed by atoms with van der Waals surface area (Å²) in [6.45, 7) is 5.36. The van der Waals surface area contributed by atoms with Crippen LogP contribution in [0.25, 0.3) is 0 Å². The average molecular weight is 719 g/mol. The Bertz CT molecular complexity index is 1810. The van der Waals surface area contributed by atoms with E-state index in [0.29, 0.717) is 61.9 Å². The van der Waals surface area contributed by atoms with E-state index in [2.05, 4.69) is 10.6 Å². The number of hydrogen-bond donors (Lipinski definition) is 2. The van der Waals surface area contributed by atoms with Gasteiger partial charge in [-0.2, -0.15) is 16.8 Å². The van der Waals surface area contributed by atoms with Gasteiger partial charge in [-0.3, -0.25) is 8.61 Å². The maximum Gasteiger partial charge on any atom is 0.330 e. The van der Waals surface area contributed by atoms with Gasteiger partial charge in [0.05, 0.1) is 59.5 Å². The number of hydrogen-bond acceptors (Lipinski definition) is 8. The van der Waals surface area contributed by atoms with Crippen LogP contribution < -0.4 is 27.9 Å². The molecule has 14 heteroatoms. The molecule has 4 aromatic carbocycles. The van der Waals surface area contributed by atoms with E-state index < -0.39 is 20.4 Å². The highest BCUT2D eigenvalue weighted by atomic mass is 32.2. The third kappa shape index (κ3) is 6.91. The molecule has 0 spiro atoms. The Labute approximate surface area is 294 Å². The molecule has 50 heavy (non-hydrogen) atoms. The fourth-order valence-corrected chi connectivity index (χ4v) is 10.1. The molecule has 264 valence electrons. The van der Waals surface area contributed by atoms with Gasteiger partial charge in [0.2, 0.25) is 0 Å². The van der Waals surface area contributed by atoms with Crippen LogP contribution >= 0.6 is 0 Å². The van der Waals surface area contributed by atoms with Crippen molar-refractivity contribution in [1.82, 2.24) is 10.6 Å². The van der Waals surface area contributed by atoms with Crippen LogP contribution in [0, 0.1) is 0 Å². The molecule has 2 fully saturated rings. The summed E-state index contributed by atoms with van der Waals surface area (Å²) in [5, 5.41) is 6.56. The normalized spacial score (nSPS) is 22.0. The van der Waals surface area contributed by atoms with Gasteiger partial charge in [-0.1, -0.05) is 60.7 Å². The maximum absolute atomic E-state index is 13.2. The largest absolute Gasteiger partial charge is 0.376 e. The molecule has 2 N–H and O–H groups in total. The number of benzene rings is 4. The summed E-state index contributed by atoms with van der Waals surface area (Å²) in [5.41, 5.74) is 4.11. The van der Waals surface area contributed by atoms with Crippen LogP contribution in [0.15, 0.2) is 109 Å². The Balaban J connectivity index is 0.000000157. The fourth-order valence-electron chi connectivity index (χ4n) is 6.66. The number of nitrogens with one attached hydrogen (secondary N) is 2. The lowest BCUT2D eigenvalue weighted by atomic mass is 10.2. The minimum Gasteiger partial charge on any atom is -0.376 e. The third-order valence-electron chi connectivity index (χ3n) is 9.06. The summed E-state index contributed by atoms with van der Waals surface area (Å²) in [5.74, 6) is 0. The molecule has 8 rings (SSSR count). The van der Waals surface area contributed by atoms with Crippen molar-refractivity contribution >= 4 is 54.5 Å². The number of fused-ring (bicyclic) bond motifs is 2. The molecule has 2 saturated heterocycles. The molecule has 4 aromatic rings. The van der Waals surface area contributed by atoms with Gasteiger partial charge < -0.3 is 20.1 Å². The second-order valence-corrected chi connectivity index (χ2v) is 15.7. The van der Waals surface area contributed by atoms with Crippen molar-refractivity contribution in [2.75, 3.05) is 69.7 Å². The first-order chi connectivity index (χ1) is 24.4. The number of nitrogens with zero attached hydrogens (tertiary/aromatic N) is 4. The van der Waals surface area contributed by atoms with Gasteiger partial charge in [0, 0.05) is 39.3 Å². The summed E-state index contributed by atoms with van der Waals surface area (Å²) in [6.07, 6.45) is 1.40. The first kappa shape index (κ1) is 34.3. The van der Waals surface area contributed by atoms with E-state index >= 15 is 0 Å². The van der Waals surface area contributed by atoms with Gasteiger partial charge in [-0.05, 0) is 61.4 Å². The maximum atomic E-state index is 13.2. The zero-order chi connectivity index (χ0) is 34.6. The van der Waals surface area contributed by atoms with Crippen molar-refractivity contribution in [1.29, 1.82) is 0 Å². The first-order valence-electron chi connectivity index (χ1n) is 16.9. The zero-order valence-corrected chi connectivity index (χ0v) is 29.3. The van der Waals surface area contributed by atoms with Crippen LogP contribution in [0.1, 0.15) is 12.8 Å². The van der Waals surface area contributed by atoms with E-state index in [1.807, 2.05) is 109 Å². The molecule has 0 radical (unpaired) electrons. The zero-order valence-electron chi connectivity index (χ0n) is 27.7. The predicted molar refractivity (Wildman–Crippen MR) is 197 cm³/mol. The van der Waals surface area contributed by atoms with E-state index in [1.54, 1.807) is 0 Å². The monoisotopic (exact) mass is 718 g/mol. The molecule has 4 aliphatic rings. The summed E-state index contributed by atoms with van der Waals surface area (Å²) < 4.78 is 70.1. The average Bonchev–Trinajstić information content (AvgIpc) is 3.52. The summed E-state index contributed by atoms with van der Waals surface area (Å²) >= 11 is 0. The van der Waals surface area contributed by atoms with Crippen molar-refractivity contribution in [2.24, 2.45) is 0 Å². The molecular weight excluding hydrogens is 677 g/mol. The molecule has 0 bridgehead atoms. The first-order valence-corrected chi connectivity index (χ1v) is 19.7. The number of morpholine rings is 2. The van der Waals surface area contributed by atoms with Gasteiger partial charge in [-0.25, -0.2) is 8.61 Å². The number of ether oxygens (including phenoxy) is 2. The predicted octanol–water partition coefficient (Wildman–Crippen LogP) is 4.54. The van der Waals surface area contributed by atoms with Gasteiger partial charge in [-0.15, -0.1) is 0 Å². The molecule has 4 aliphatic heterocycles. The van der Waals surface area contributed by atoms with Gasteiger partial charge >= 0.3 is 20.4 Å². The summed E-state index contributed by atoms with van der Waals surface area (Å²) in [4.78, 5) is 0. The Hall–Kier alpha value is -4.18. The Morgan fingerprint density at radius 3 is 1.24 bits per heavy atom. The molecule has 0 saturated carbocycles. The van der Waals surface area contributed by atoms with Crippen molar-refractivity contribution in [3.8, 4) is 0 Å². The number of rotatable bonds is 8. The smallest absolute Gasteiger partial charge is 0.330 e. The quantitative estimate of drug-likeness (QED) is 0.273. The minimum atomic E-state index is -3.65. The van der Waals surface area contributed by atoms with Crippen LogP contribution in [0.3, 0.4) is 0 Å². The molecule has 4 heterocycles. The van der Waals surface area contributed by atoms with Crippen LogP contribution in [0.4, 0.5) is 34.1 Å². The topological polar surface area (TPSA) is 124 Å². The Morgan fingerprint density at radius 2 is 0.880 bits per heavy atom. The highest BCUT2D eigenvalue weighted by molar-refractivity contribution is 7.95. The molecule has 0 amide bonds. The van der Waals surface area contributed by atoms with Crippen molar-refractivity contribution < 1.29 is 26.3 Å². The van der Waals surface area contributed by atoms with Crippen LogP contribution in [0.5, 0.6) is 0 Å². The van der Waals surface area contributed by atoms with Gasteiger partial charge in [0.1, 0.15) is 0 Å². The van der Waals surface area contributed by atoms with Crippen molar-refractivity contribution in [3.63, 3.8) is 0 Å². The van der Waals surface area contributed by atoms with Crippen LogP contribution in [-0.2, 0) is 29.9 Å². The van der Waals surface area contributed by atoms with Gasteiger partial charge in [0.25, 0.3) is 0 Å². The summed E-state index contributed by atoms with van der Waals surface area (Å²) in [6, 6.07) is 33.3. The lowest BCUT2D eigenvalue weighted by molar-refractivity contribution is 0.0252. The van der Waals surface area contributed by atoms with E-state index in [9.17, 15) is 16.8 Å². The lowest BCUT2D eigenvalue weighted by Crippen LogP contribution is -2.42. The van der Waals surface area contributed by atoms with Crippen LogP contribution in [0.2, 0.25) is 0 Å². The van der Waals surface area contributed by atoms with E-state index in [4.69, 9.17) is 9.47 Å². The SMILES string of the molecule is O=S1(=O)N(CCC2CNCCO2)c2ccccc2N1c1ccccc1.O=S1(=O)N(CCC2CNCCO2)c2ccccc2N1c1ccccc1. The highest BCUT2D eigenvalue weighted by Crippen LogP contribution is 2.46. The molecule has 12 nitrogen and oxygen atoms in total. The Morgan fingerprint density at radius 1 is 0.520 bits per heavy atom. The standard InChI is InChI=1S/2C18H21N3O3S/c2*22-25(23)20(12-10-16-14-19-11-13-24-16)17-8-4-5-9-18(17)21(25)15-6-2-1-3-7-15/h2*1-9,16,19H,10-14H2. The lowest BCUT2D eigenvalue weighted by Gasteiger charge is -2.26. The second kappa shape index (κ2) is 15.0. The third-order valence-corrected chi connectivity index (χ3v) is 12.7. The van der Waals surface area contributed by atoms with Crippen LogP contribution in [-0.4, -0.2) is 81.5 Å². The van der Waals surface area contributed by atoms with E-state index in [0.717, 1.165) is 37.6 Å². The van der Waals surface area contributed by atoms with Gasteiger partial charge in [0.15, 0.2) is 0 Å². The van der Waals surface area contributed by atoms with E-state index in [1.165, 1.54) is 17.2 Å². The summed E-state index contributed by atoms with van der Waals surface area (Å²) in [7, 11) is -7.30. The van der Waals surface area contributed by atoms with Crippen molar-refractivity contribution in [2.45, 2.75) is 25.0 Å². The molecule has 2 unspecified atom stereocenters. The molecule has 0 aliphatic carbocycles. The molecular formula is C36H42N6O6S2. The second-order valence-electron chi connectivity index (χ2n) is 12.3.